The molecule has 0 atom stereocenters. The fraction of sp³-hybridized carbons (Fsp3) is 0.316. The maximum atomic E-state index is 12.6. The molecule has 0 spiro atoms. The molecule has 6 heteroatoms. The van der Waals surface area contributed by atoms with Crippen LogP contribution in [0.5, 0.6) is 5.75 Å². The Labute approximate surface area is 144 Å². The number of nitriles is 1. The Kier molecular flexibility index (Phi) is 4.84. The van der Waals surface area contributed by atoms with Crippen LogP contribution in [0, 0.1) is 11.3 Å². The fourth-order valence-corrected chi connectivity index (χ4v) is 2.89. The number of alkyl halides is 3. The third kappa shape index (κ3) is 4.24. The van der Waals surface area contributed by atoms with E-state index in [4.69, 9.17) is 10.00 Å². The lowest BCUT2D eigenvalue weighted by Crippen LogP contribution is -2.38. The van der Waals surface area contributed by atoms with Crippen LogP contribution in [0.25, 0.3) is 0 Å². The van der Waals surface area contributed by atoms with Crippen molar-refractivity contribution in [3.8, 4) is 11.8 Å². The molecular formula is C19H17F3N2O. The van der Waals surface area contributed by atoms with E-state index in [-0.39, 0.29) is 6.10 Å². The standard InChI is InChI=1S/C19H17F3N2O/c20-19(21,22)15-3-7-17(8-4-15)25-18-9-11-24(12-10-18)16-5-1-14(13-23)2-6-16/h1-8,18H,9-12H2. The maximum Gasteiger partial charge on any atom is 0.416 e. The molecular weight excluding hydrogens is 329 g/mol. The summed E-state index contributed by atoms with van der Waals surface area (Å²) in [7, 11) is 0. The van der Waals surface area contributed by atoms with Gasteiger partial charge in [-0.2, -0.15) is 18.4 Å². The van der Waals surface area contributed by atoms with Gasteiger partial charge in [0.2, 0.25) is 0 Å². The number of hydrogen-bond donors (Lipinski definition) is 0. The first-order valence-corrected chi connectivity index (χ1v) is 8.05. The number of piperidine rings is 1. The van der Waals surface area contributed by atoms with Crippen molar-refractivity contribution in [1.82, 2.24) is 0 Å². The van der Waals surface area contributed by atoms with Gasteiger partial charge in [0.1, 0.15) is 11.9 Å². The van der Waals surface area contributed by atoms with Crippen molar-refractivity contribution >= 4 is 5.69 Å². The van der Waals surface area contributed by atoms with Gasteiger partial charge in [-0.15, -0.1) is 0 Å². The van der Waals surface area contributed by atoms with Crippen LogP contribution in [-0.4, -0.2) is 19.2 Å². The summed E-state index contributed by atoms with van der Waals surface area (Å²) in [5.41, 5.74) is 1.02. The molecule has 1 saturated heterocycles. The van der Waals surface area contributed by atoms with E-state index in [2.05, 4.69) is 11.0 Å². The monoisotopic (exact) mass is 346 g/mol. The molecule has 0 radical (unpaired) electrons. The van der Waals surface area contributed by atoms with E-state index in [0.717, 1.165) is 43.8 Å². The largest absolute Gasteiger partial charge is 0.490 e. The van der Waals surface area contributed by atoms with Crippen LogP contribution in [0.4, 0.5) is 18.9 Å². The number of nitrogens with zero attached hydrogens (tertiary/aromatic N) is 2. The zero-order valence-corrected chi connectivity index (χ0v) is 13.5. The highest BCUT2D eigenvalue weighted by Gasteiger charge is 2.30. The predicted octanol–water partition coefficient (Wildman–Crippen LogP) is 4.62. The van der Waals surface area contributed by atoms with E-state index in [0.29, 0.717) is 11.3 Å². The minimum absolute atomic E-state index is 0.00799. The minimum atomic E-state index is -4.33. The summed E-state index contributed by atoms with van der Waals surface area (Å²) in [6.07, 6.45) is -2.75. The van der Waals surface area contributed by atoms with Crippen molar-refractivity contribution in [3.05, 3.63) is 59.7 Å². The second-order valence-corrected chi connectivity index (χ2v) is 5.99. The second-order valence-electron chi connectivity index (χ2n) is 5.99. The molecule has 0 unspecified atom stereocenters. The van der Waals surface area contributed by atoms with Gasteiger partial charge in [-0.1, -0.05) is 0 Å². The van der Waals surface area contributed by atoms with Crippen molar-refractivity contribution in [3.63, 3.8) is 0 Å². The summed E-state index contributed by atoms with van der Waals surface area (Å²) < 4.78 is 43.5. The number of hydrogen-bond acceptors (Lipinski definition) is 3. The van der Waals surface area contributed by atoms with Crippen molar-refractivity contribution < 1.29 is 17.9 Å². The van der Waals surface area contributed by atoms with Gasteiger partial charge in [0.05, 0.1) is 17.2 Å². The maximum absolute atomic E-state index is 12.6. The highest BCUT2D eigenvalue weighted by Crippen LogP contribution is 2.31. The Hall–Kier alpha value is -2.68. The Bertz CT molecular complexity index is 740. The predicted molar refractivity (Wildman–Crippen MR) is 88.5 cm³/mol. The van der Waals surface area contributed by atoms with Gasteiger partial charge < -0.3 is 9.64 Å². The average Bonchev–Trinajstić information content (AvgIpc) is 2.62. The van der Waals surface area contributed by atoms with Crippen molar-refractivity contribution in [1.29, 1.82) is 5.26 Å². The van der Waals surface area contributed by atoms with E-state index >= 15 is 0 Å². The van der Waals surface area contributed by atoms with Crippen LogP contribution in [0.15, 0.2) is 48.5 Å². The minimum Gasteiger partial charge on any atom is -0.490 e. The van der Waals surface area contributed by atoms with E-state index < -0.39 is 11.7 Å². The number of ether oxygens (including phenoxy) is 1. The Morgan fingerprint density at radius 2 is 1.56 bits per heavy atom. The summed E-state index contributed by atoms with van der Waals surface area (Å²) in [5.74, 6) is 0.463. The van der Waals surface area contributed by atoms with E-state index in [1.54, 1.807) is 12.1 Å². The van der Waals surface area contributed by atoms with Gasteiger partial charge in [-0.05, 0) is 48.5 Å². The SMILES string of the molecule is N#Cc1ccc(N2CCC(Oc3ccc(C(F)(F)F)cc3)CC2)cc1. The van der Waals surface area contributed by atoms with Gasteiger partial charge in [0.15, 0.2) is 0 Å². The van der Waals surface area contributed by atoms with Crippen LogP contribution in [0.3, 0.4) is 0 Å². The van der Waals surface area contributed by atoms with Gasteiger partial charge in [-0.3, -0.25) is 0 Å². The smallest absolute Gasteiger partial charge is 0.416 e. The molecule has 3 nitrogen and oxygen atoms in total. The number of benzene rings is 2. The van der Waals surface area contributed by atoms with Crippen molar-refractivity contribution in [2.75, 3.05) is 18.0 Å². The lowest BCUT2D eigenvalue weighted by atomic mass is 10.1. The quantitative estimate of drug-likeness (QED) is 0.813. The molecule has 2 aromatic rings. The third-order valence-corrected chi connectivity index (χ3v) is 4.29. The first-order valence-electron chi connectivity index (χ1n) is 8.05. The summed E-state index contributed by atoms with van der Waals surface area (Å²) in [6, 6.07) is 14.4. The molecule has 1 aliphatic rings. The molecule has 3 rings (SSSR count). The van der Waals surface area contributed by atoms with E-state index in [1.165, 1.54) is 12.1 Å². The number of anilines is 1. The molecule has 0 bridgehead atoms. The van der Waals surface area contributed by atoms with Crippen LogP contribution >= 0.6 is 0 Å². The zero-order valence-electron chi connectivity index (χ0n) is 13.5. The molecule has 0 aromatic heterocycles. The molecule has 130 valence electrons. The van der Waals surface area contributed by atoms with Crippen molar-refractivity contribution in [2.24, 2.45) is 0 Å². The Balaban J connectivity index is 1.54. The molecule has 1 heterocycles. The van der Waals surface area contributed by atoms with Crippen LogP contribution in [0.1, 0.15) is 24.0 Å². The molecule has 1 aliphatic heterocycles. The lowest BCUT2D eigenvalue weighted by molar-refractivity contribution is -0.137. The van der Waals surface area contributed by atoms with Gasteiger partial charge in [0, 0.05) is 31.6 Å². The van der Waals surface area contributed by atoms with Crippen LogP contribution in [-0.2, 0) is 6.18 Å². The molecule has 0 N–H and O–H groups in total. The summed E-state index contributed by atoms with van der Waals surface area (Å²) in [5, 5.41) is 8.83. The first kappa shape index (κ1) is 17.2. The highest BCUT2D eigenvalue weighted by atomic mass is 19.4. The van der Waals surface area contributed by atoms with Gasteiger partial charge in [-0.25, -0.2) is 0 Å². The second kappa shape index (κ2) is 7.06. The summed E-state index contributed by atoms with van der Waals surface area (Å²) in [6.45, 7) is 1.61. The van der Waals surface area contributed by atoms with Gasteiger partial charge >= 0.3 is 6.18 Å². The average molecular weight is 346 g/mol. The number of halogens is 3. The fourth-order valence-electron chi connectivity index (χ4n) is 2.89. The Morgan fingerprint density at radius 3 is 2.08 bits per heavy atom. The third-order valence-electron chi connectivity index (χ3n) is 4.29. The molecule has 2 aromatic carbocycles. The van der Waals surface area contributed by atoms with E-state index in [9.17, 15) is 13.2 Å². The first-order chi connectivity index (χ1) is 12.0. The highest BCUT2D eigenvalue weighted by molar-refractivity contribution is 5.50. The van der Waals surface area contributed by atoms with Gasteiger partial charge in [0.25, 0.3) is 0 Å². The Morgan fingerprint density at radius 1 is 0.960 bits per heavy atom. The molecule has 25 heavy (non-hydrogen) atoms. The molecule has 0 aliphatic carbocycles. The lowest BCUT2D eigenvalue weighted by Gasteiger charge is -2.33. The van der Waals surface area contributed by atoms with Crippen LogP contribution < -0.4 is 9.64 Å². The van der Waals surface area contributed by atoms with E-state index in [1.807, 2.05) is 12.1 Å². The normalized spacial score (nSPS) is 15.7. The number of rotatable bonds is 3. The molecule has 1 fully saturated rings. The zero-order chi connectivity index (χ0) is 17.9. The molecule has 0 amide bonds. The van der Waals surface area contributed by atoms with Crippen LogP contribution in [0.2, 0.25) is 0 Å². The molecule has 0 saturated carbocycles. The topological polar surface area (TPSA) is 36.3 Å². The summed E-state index contributed by atoms with van der Waals surface area (Å²) >= 11 is 0. The summed E-state index contributed by atoms with van der Waals surface area (Å²) in [4.78, 5) is 2.22. The van der Waals surface area contributed by atoms with Crippen molar-refractivity contribution in [2.45, 2.75) is 25.1 Å².